The molecule has 2 heteroatoms. The maximum absolute atomic E-state index is 6.06. The molecule has 2 aromatic carbocycles. The normalized spacial score (nSPS) is 15.8. The van der Waals surface area contributed by atoms with Crippen LogP contribution in [-0.2, 0) is 0 Å². The smallest absolute Gasteiger partial charge is 0.0538 e. The van der Waals surface area contributed by atoms with Gasteiger partial charge in [-0.15, -0.1) is 0 Å². The van der Waals surface area contributed by atoms with Crippen molar-refractivity contribution in [3.8, 4) is 0 Å². The summed E-state index contributed by atoms with van der Waals surface area (Å²) in [6, 6.07) is 10.6. The predicted octanol–water partition coefficient (Wildman–Crippen LogP) is 4.06. The summed E-state index contributed by atoms with van der Waals surface area (Å²) in [7, 11) is 0. The molecule has 2 aromatic rings. The molecule has 0 spiro atoms. The Morgan fingerprint density at radius 3 is 2.47 bits per heavy atom. The molecule has 0 unspecified atom stereocenters. The molecule has 76 valence electrons. The van der Waals surface area contributed by atoms with Crippen LogP contribution in [0.1, 0.15) is 24.3 Å². The molecule has 1 saturated carbocycles. The molecule has 15 heavy (non-hydrogen) atoms. The van der Waals surface area contributed by atoms with Gasteiger partial charge in [0.15, 0.2) is 0 Å². The van der Waals surface area contributed by atoms with Crippen LogP contribution in [0, 0.1) is 0 Å². The van der Waals surface area contributed by atoms with Crippen LogP contribution in [0.15, 0.2) is 34.8 Å². The third-order valence-electron chi connectivity index (χ3n) is 3.08. The zero-order chi connectivity index (χ0) is 10.4. The Morgan fingerprint density at radius 1 is 1.13 bits per heavy atom. The summed E-state index contributed by atoms with van der Waals surface area (Å²) in [5, 5.41) is 2.49. The lowest BCUT2D eigenvalue weighted by atomic mass is 10.00. The van der Waals surface area contributed by atoms with Gasteiger partial charge in [-0.05, 0) is 51.7 Å². The number of nitrogen functional groups attached to an aromatic ring is 1. The van der Waals surface area contributed by atoms with Crippen molar-refractivity contribution in [3.63, 3.8) is 0 Å². The molecule has 0 bridgehead atoms. The summed E-state index contributed by atoms with van der Waals surface area (Å²) in [6.45, 7) is 0. The first-order valence-corrected chi connectivity index (χ1v) is 6.03. The van der Waals surface area contributed by atoms with Crippen molar-refractivity contribution in [2.75, 3.05) is 5.73 Å². The van der Waals surface area contributed by atoms with Gasteiger partial charge in [-0.1, -0.05) is 24.3 Å². The Morgan fingerprint density at radius 2 is 1.80 bits per heavy atom. The second-order valence-corrected chi connectivity index (χ2v) is 5.04. The molecule has 0 amide bonds. The lowest BCUT2D eigenvalue weighted by Crippen LogP contribution is -1.92. The summed E-state index contributed by atoms with van der Waals surface area (Å²) in [5.74, 6) is 0.756. The number of hydrogen-bond acceptors (Lipinski definition) is 1. The van der Waals surface area contributed by atoms with E-state index in [1.165, 1.54) is 29.2 Å². The molecule has 0 aromatic heterocycles. The van der Waals surface area contributed by atoms with E-state index in [2.05, 4.69) is 40.2 Å². The third-order valence-corrected chi connectivity index (χ3v) is 3.74. The first-order chi connectivity index (χ1) is 7.27. The van der Waals surface area contributed by atoms with Gasteiger partial charge in [-0.2, -0.15) is 0 Å². The van der Waals surface area contributed by atoms with Crippen LogP contribution in [0.5, 0.6) is 0 Å². The van der Waals surface area contributed by atoms with Gasteiger partial charge < -0.3 is 5.73 Å². The zero-order valence-corrected chi connectivity index (χ0v) is 9.92. The molecule has 1 aliphatic rings. The molecule has 1 nitrogen and oxygen atoms in total. The maximum Gasteiger partial charge on any atom is 0.0538 e. The largest absolute Gasteiger partial charge is 0.397 e. The summed E-state index contributed by atoms with van der Waals surface area (Å²) < 4.78 is 1.03. The van der Waals surface area contributed by atoms with Crippen molar-refractivity contribution < 1.29 is 0 Å². The number of anilines is 1. The van der Waals surface area contributed by atoms with E-state index in [0.29, 0.717) is 0 Å². The number of nitrogens with two attached hydrogens (primary N) is 1. The van der Waals surface area contributed by atoms with Gasteiger partial charge in [-0.3, -0.25) is 0 Å². The predicted molar refractivity (Wildman–Crippen MR) is 68.0 cm³/mol. The second kappa shape index (κ2) is 3.24. The van der Waals surface area contributed by atoms with Gasteiger partial charge in [0.2, 0.25) is 0 Å². The number of hydrogen-bond donors (Lipinski definition) is 1. The fourth-order valence-electron chi connectivity index (χ4n) is 2.12. The SMILES string of the molecule is Nc1c(Br)cc(C2CC2)c2ccccc12. The number of halogens is 1. The number of fused-ring (bicyclic) bond motifs is 1. The molecule has 1 aliphatic carbocycles. The van der Waals surface area contributed by atoms with Gasteiger partial charge in [0, 0.05) is 9.86 Å². The van der Waals surface area contributed by atoms with E-state index in [1.807, 2.05) is 6.07 Å². The second-order valence-electron chi connectivity index (χ2n) is 4.18. The molecule has 0 atom stereocenters. The highest BCUT2D eigenvalue weighted by Crippen LogP contribution is 2.45. The molecule has 1 fully saturated rings. The van der Waals surface area contributed by atoms with Crippen molar-refractivity contribution in [1.29, 1.82) is 0 Å². The summed E-state index contributed by atoms with van der Waals surface area (Å²) in [6.07, 6.45) is 2.64. The fourth-order valence-corrected chi connectivity index (χ4v) is 2.58. The third kappa shape index (κ3) is 1.44. The van der Waals surface area contributed by atoms with Crippen LogP contribution in [-0.4, -0.2) is 0 Å². The van der Waals surface area contributed by atoms with Crippen molar-refractivity contribution in [3.05, 3.63) is 40.4 Å². The standard InChI is InChI=1S/C13H12BrN/c14-12-7-11(8-5-6-8)9-3-1-2-4-10(9)13(12)15/h1-4,7-8H,5-6,15H2. The van der Waals surface area contributed by atoms with Crippen LogP contribution in [0.4, 0.5) is 5.69 Å². The van der Waals surface area contributed by atoms with Crippen LogP contribution in [0.25, 0.3) is 10.8 Å². The highest BCUT2D eigenvalue weighted by atomic mass is 79.9. The van der Waals surface area contributed by atoms with Crippen LogP contribution in [0.3, 0.4) is 0 Å². The van der Waals surface area contributed by atoms with Gasteiger partial charge in [-0.25, -0.2) is 0 Å². The Bertz CT molecular complexity index is 529. The molecule has 2 N–H and O–H groups in total. The van der Waals surface area contributed by atoms with E-state index in [4.69, 9.17) is 5.73 Å². The lowest BCUT2D eigenvalue weighted by Gasteiger charge is -2.09. The van der Waals surface area contributed by atoms with E-state index < -0.39 is 0 Å². The number of rotatable bonds is 1. The van der Waals surface area contributed by atoms with Gasteiger partial charge >= 0.3 is 0 Å². The van der Waals surface area contributed by atoms with E-state index in [9.17, 15) is 0 Å². The Balaban J connectivity index is 2.39. The summed E-state index contributed by atoms with van der Waals surface area (Å²) in [5.41, 5.74) is 8.37. The summed E-state index contributed by atoms with van der Waals surface area (Å²) in [4.78, 5) is 0. The molecule has 0 heterocycles. The lowest BCUT2D eigenvalue weighted by molar-refractivity contribution is 1.15. The monoisotopic (exact) mass is 261 g/mol. The van der Waals surface area contributed by atoms with Crippen LogP contribution >= 0.6 is 15.9 Å². The van der Waals surface area contributed by atoms with E-state index in [1.54, 1.807) is 0 Å². The average molecular weight is 262 g/mol. The van der Waals surface area contributed by atoms with Crippen molar-refractivity contribution in [1.82, 2.24) is 0 Å². The van der Waals surface area contributed by atoms with E-state index in [0.717, 1.165) is 16.1 Å². The van der Waals surface area contributed by atoms with E-state index >= 15 is 0 Å². The minimum Gasteiger partial charge on any atom is -0.397 e. The Hall–Kier alpha value is -1.02. The quantitative estimate of drug-likeness (QED) is 0.770. The molecular formula is C13H12BrN. The van der Waals surface area contributed by atoms with E-state index in [-0.39, 0.29) is 0 Å². The van der Waals surface area contributed by atoms with Crippen LogP contribution < -0.4 is 5.73 Å². The first kappa shape index (κ1) is 9.22. The Kier molecular flexibility index (Phi) is 1.99. The van der Waals surface area contributed by atoms with Crippen molar-refractivity contribution in [2.45, 2.75) is 18.8 Å². The number of benzene rings is 2. The first-order valence-electron chi connectivity index (χ1n) is 5.24. The van der Waals surface area contributed by atoms with Gasteiger partial charge in [0.25, 0.3) is 0 Å². The Labute approximate surface area is 97.4 Å². The average Bonchev–Trinajstić information content (AvgIpc) is 3.07. The maximum atomic E-state index is 6.06. The minimum absolute atomic E-state index is 0.756. The zero-order valence-electron chi connectivity index (χ0n) is 8.33. The van der Waals surface area contributed by atoms with Gasteiger partial charge in [0.1, 0.15) is 0 Å². The molecule has 0 radical (unpaired) electrons. The highest BCUT2D eigenvalue weighted by Gasteiger charge is 2.26. The minimum atomic E-state index is 0.756. The molecule has 3 rings (SSSR count). The van der Waals surface area contributed by atoms with Gasteiger partial charge in [0.05, 0.1) is 5.69 Å². The molecule has 0 saturated heterocycles. The molecular weight excluding hydrogens is 250 g/mol. The summed E-state index contributed by atoms with van der Waals surface area (Å²) >= 11 is 3.54. The fraction of sp³-hybridized carbons (Fsp3) is 0.231. The highest BCUT2D eigenvalue weighted by molar-refractivity contribution is 9.10. The topological polar surface area (TPSA) is 26.0 Å². The molecule has 0 aliphatic heterocycles. The van der Waals surface area contributed by atoms with Crippen molar-refractivity contribution >= 4 is 32.4 Å². The van der Waals surface area contributed by atoms with Crippen LogP contribution in [0.2, 0.25) is 0 Å². The van der Waals surface area contributed by atoms with Crippen molar-refractivity contribution in [2.24, 2.45) is 0 Å².